The Morgan fingerprint density at radius 3 is 2.11 bits per heavy atom. The molecule has 0 aliphatic rings. The van der Waals surface area contributed by atoms with Crippen LogP contribution in [0.5, 0.6) is 0 Å². The summed E-state index contributed by atoms with van der Waals surface area (Å²) in [4.78, 5) is -0.0453. The number of sulfone groups is 1. The molecule has 1 rings (SSSR count). The van der Waals surface area contributed by atoms with Crippen LogP contribution in [0, 0.1) is 13.8 Å². The van der Waals surface area contributed by atoms with E-state index < -0.39 is 24.1 Å². The lowest BCUT2D eigenvalue weighted by atomic mass is 10.4. The molecule has 110 valence electrons. The van der Waals surface area contributed by atoms with Gasteiger partial charge in [0, 0.05) is 10.7 Å². The van der Waals surface area contributed by atoms with E-state index in [2.05, 4.69) is 5.10 Å². The molecule has 0 amide bonds. The minimum absolute atomic E-state index is 0.0453. The number of rotatable bonds is 5. The fourth-order valence-electron chi connectivity index (χ4n) is 1.70. The Labute approximate surface area is 118 Å². The SMILES string of the molecule is Cc1nn(CCS(=O)(=O)C(C)C)c(C)c1S(=O)(=O)Cl. The molecular weight excluding hydrogens is 312 g/mol. The van der Waals surface area contributed by atoms with Crippen molar-refractivity contribution in [2.45, 2.75) is 44.4 Å². The third-order valence-electron chi connectivity index (χ3n) is 2.86. The van der Waals surface area contributed by atoms with Crippen LogP contribution in [0.4, 0.5) is 0 Å². The molecule has 0 fully saturated rings. The van der Waals surface area contributed by atoms with E-state index in [0.29, 0.717) is 5.69 Å². The molecule has 0 aromatic carbocycles. The van der Waals surface area contributed by atoms with Gasteiger partial charge in [0.05, 0.1) is 28.9 Å². The van der Waals surface area contributed by atoms with Gasteiger partial charge in [-0.05, 0) is 27.7 Å². The fraction of sp³-hybridized carbons (Fsp3) is 0.700. The first kappa shape index (κ1) is 16.5. The van der Waals surface area contributed by atoms with Gasteiger partial charge in [-0.25, -0.2) is 16.8 Å². The molecule has 0 aliphatic carbocycles. The molecule has 19 heavy (non-hydrogen) atoms. The highest BCUT2D eigenvalue weighted by Gasteiger charge is 2.23. The molecule has 0 saturated carbocycles. The van der Waals surface area contributed by atoms with E-state index in [0.717, 1.165) is 0 Å². The van der Waals surface area contributed by atoms with Gasteiger partial charge in [-0.15, -0.1) is 0 Å². The second kappa shape index (κ2) is 5.41. The zero-order valence-electron chi connectivity index (χ0n) is 11.2. The summed E-state index contributed by atoms with van der Waals surface area (Å²) in [6.07, 6.45) is 0. The van der Waals surface area contributed by atoms with Crippen LogP contribution in [-0.2, 0) is 25.4 Å². The Bertz CT molecular complexity index is 675. The Kier molecular flexibility index (Phi) is 4.69. The van der Waals surface area contributed by atoms with Gasteiger partial charge in [-0.1, -0.05) is 0 Å². The minimum atomic E-state index is -3.87. The Balaban J connectivity index is 3.07. The summed E-state index contributed by atoms with van der Waals surface area (Å²) in [6.45, 7) is 6.39. The van der Waals surface area contributed by atoms with Gasteiger partial charge in [-0.3, -0.25) is 4.68 Å². The second-order valence-electron chi connectivity index (χ2n) is 4.58. The number of hydrogen-bond donors (Lipinski definition) is 0. The van der Waals surface area contributed by atoms with Crippen molar-refractivity contribution in [3.05, 3.63) is 11.4 Å². The molecular formula is C10H17ClN2O4S2. The third kappa shape index (κ3) is 3.70. The molecule has 0 N–H and O–H groups in total. The molecule has 0 spiro atoms. The topological polar surface area (TPSA) is 86.1 Å². The Hall–Kier alpha value is -0.600. The summed E-state index contributed by atoms with van der Waals surface area (Å²) < 4.78 is 47.6. The number of hydrogen-bond acceptors (Lipinski definition) is 5. The third-order valence-corrected chi connectivity index (χ3v) is 6.59. The molecule has 1 aromatic heterocycles. The first-order valence-corrected chi connectivity index (χ1v) is 9.69. The standard InChI is InChI=1S/C10H17ClN2O4S2/c1-7(2)18(14,15)6-5-13-9(4)10(8(3)12-13)19(11,16)17/h7H,5-6H2,1-4H3. The summed E-state index contributed by atoms with van der Waals surface area (Å²) in [6, 6.07) is 0. The molecule has 0 aliphatic heterocycles. The molecule has 1 heterocycles. The average molecular weight is 329 g/mol. The van der Waals surface area contributed by atoms with Crippen LogP contribution in [-0.4, -0.2) is 37.6 Å². The normalized spacial score (nSPS) is 13.2. The zero-order chi connectivity index (χ0) is 15.0. The number of halogens is 1. The highest BCUT2D eigenvalue weighted by Crippen LogP contribution is 2.23. The van der Waals surface area contributed by atoms with Crippen LogP contribution in [0.3, 0.4) is 0 Å². The monoisotopic (exact) mass is 328 g/mol. The van der Waals surface area contributed by atoms with E-state index in [-0.39, 0.29) is 22.9 Å². The summed E-state index contributed by atoms with van der Waals surface area (Å²) in [7, 11) is -1.75. The minimum Gasteiger partial charge on any atom is -0.267 e. The van der Waals surface area contributed by atoms with Gasteiger partial charge >= 0.3 is 0 Å². The van der Waals surface area contributed by atoms with Crippen molar-refractivity contribution in [3.8, 4) is 0 Å². The summed E-state index contributed by atoms with van der Waals surface area (Å²) >= 11 is 0. The van der Waals surface area contributed by atoms with Crippen LogP contribution in [0.25, 0.3) is 0 Å². The van der Waals surface area contributed by atoms with E-state index in [4.69, 9.17) is 10.7 Å². The maximum Gasteiger partial charge on any atom is 0.264 e. The maximum atomic E-state index is 11.7. The molecule has 0 bridgehead atoms. The smallest absolute Gasteiger partial charge is 0.264 e. The number of aromatic nitrogens is 2. The van der Waals surface area contributed by atoms with E-state index in [1.807, 2.05) is 0 Å². The quantitative estimate of drug-likeness (QED) is 0.759. The second-order valence-corrected chi connectivity index (χ2v) is 9.76. The van der Waals surface area contributed by atoms with Crippen molar-refractivity contribution in [1.29, 1.82) is 0 Å². The zero-order valence-corrected chi connectivity index (χ0v) is 13.6. The fourth-order valence-corrected chi connectivity index (χ4v) is 4.12. The largest absolute Gasteiger partial charge is 0.267 e. The van der Waals surface area contributed by atoms with Crippen LogP contribution >= 0.6 is 10.7 Å². The van der Waals surface area contributed by atoms with E-state index in [1.165, 1.54) is 11.6 Å². The van der Waals surface area contributed by atoms with Crippen molar-refractivity contribution in [3.63, 3.8) is 0 Å². The number of aryl methyl sites for hydroxylation is 2. The molecule has 0 radical (unpaired) electrons. The Morgan fingerprint density at radius 1 is 1.21 bits per heavy atom. The van der Waals surface area contributed by atoms with Gasteiger partial charge in [-0.2, -0.15) is 5.10 Å². The molecule has 9 heteroatoms. The van der Waals surface area contributed by atoms with Gasteiger partial charge in [0.1, 0.15) is 4.90 Å². The van der Waals surface area contributed by atoms with Crippen LogP contribution in [0.15, 0.2) is 4.90 Å². The van der Waals surface area contributed by atoms with Crippen molar-refractivity contribution in [1.82, 2.24) is 9.78 Å². The molecule has 1 aromatic rings. The summed E-state index contributed by atoms with van der Waals surface area (Å²) in [5, 5.41) is 3.56. The summed E-state index contributed by atoms with van der Waals surface area (Å²) in [5.74, 6) is -0.0889. The lowest BCUT2D eigenvalue weighted by Crippen LogP contribution is -2.22. The molecule has 0 saturated heterocycles. The highest BCUT2D eigenvalue weighted by atomic mass is 35.7. The first-order valence-electron chi connectivity index (χ1n) is 5.67. The average Bonchev–Trinajstić information content (AvgIpc) is 2.49. The Morgan fingerprint density at radius 2 is 1.74 bits per heavy atom. The predicted octanol–water partition coefficient (Wildman–Crippen LogP) is 1.25. The lowest BCUT2D eigenvalue weighted by molar-refractivity contribution is 0.568. The van der Waals surface area contributed by atoms with E-state index in [1.54, 1.807) is 20.8 Å². The van der Waals surface area contributed by atoms with Gasteiger partial charge in [0.2, 0.25) is 0 Å². The van der Waals surface area contributed by atoms with Crippen molar-refractivity contribution < 1.29 is 16.8 Å². The highest BCUT2D eigenvalue weighted by molar-refractivity contribution is 8.13. The van der Waals surface area contributed by atoms with Crippen LogP contribution < -0.4 is 0 Å². The van der Waals surface area contributed by atoms with Gasteiger partial charge in [0.25, 0.3) is 9.05 Å². The lowest BCUT2D eigenvalue weighted by Gasteiger charge is -2.08. The van der Waals surface area contributed by atoms with E-state index >= 15 is 0 Å². The summed E-state index contributed by atoms with van der Waals surface area (Å²) in [5.41, 5.74) is 0.626. The molecule has 0 unspecified atom stereocenters. The van der Waals surface area contributed by atoms with Crippen molar-refractivity contribution in [2.24, 2.45) is 0 Å². The first-order chi connectivity index (χ1) is 8.47. The predicted molar refractivity (Wildman–Crippen MR) is 73.7 cm³/mol. The van der Waals surface area contributed by atoms with Crippen molar-refractivity contribution in [2.75, 3.05) is 5.75 Å². The van der Waals surface area contributed by atoms with Crippen molar-refractivity contribution >= 4 is 29.6 Å². The van der Waals surface area contributed by atoms with E-state index in [9.17, 15) is 16.8 Å². The molecule has 0 atom stereocenters. The molecule has 6 nitrogen and oxygen atoms in total. The maximum absolute atomic E-state index is 11.7. The number of nitrogens with zero attached hydrogens (tertiary/aromatic N) is 2. The van der Waals surface area contributed by atoms with Gasteiger partial charge in [0.15, 0.2) is 9.84 Å². The van der Waals surface area contributed by atoms with Gasteiger partial charge < -0.3 is 0 Å². The van der Waals surface area contributed by atoms with Crippen LogP contribution in [0.1, 0.15) is 25.2 Å². The van der Waals surface area contributed by atoms with Crippen LogP contribution in [0.2, 0.25) is 0 Å².